The summed E-state index contributed by atoms with van der Waals surface area (Å²) in [5, 5.41) is 0. The van der Waals surface area contributed by atoms with Crippen molar-refractivity contribution in [1.82, 2.24) is 0 Å². The van der Waals surface area contributed by atoms with E-state index < -0.39 is 13.4 Å². The minimum absolute atomic E-state index is 0.192. The van der Waals surface area contributed by atoms with E-state index in [1.54, 1.807) is 18.3 Å². The molecule has 8 heteroatoms. The number of phosphoric ester groups is 1. The second-order valence-electron chi connectivity index (χ2n) is 6.11. The molecule has 0 bridgehead atoms. The summed E-state index contributed by atoms with van der Waals surface area (Å²) in [4.78, 5) is 19.8. The third-order valence-electron chi connectivity index (χ3n) is 3.62. The largest absolute Gasteiger partial charge is 0.493 e. The van der Waals surface area contributed by atoms with Crippen molar-refractivity contribution in [1.29, 1.82) is 0 Å². The first kappa shape index (κ1) is 20.1. The molecular formula is C17H24NO5PS. The SMILES string of the molecule is CCOc1ccccc1-c1ccc(CCC(C)(N)COP(=O)(O)O)s1. The Morgan fingerprint density at radius 3 is 2.64 bits per heavy atom. The highest BCUT2D eigenvalue weighted by atomic mass is 32.1. The van der Waals surface area contributed by atoms with Crippen LogP contribution in [-0.2, 0) is 15.5 Å². The number of ether oxygens (including phenoxy) is 1. The minimum Gasteiger partial charge on any atom is -0.493 e. The number of para-hydroxylation sites is 1. The second kappa shape index (κ2) is 8.45. The molecule has 0 saturated carbocycles. The number of benzene rings is 1. The summed E-state index contributed by atoms with van der Waals surface area (Å²) in [6.07, 6.45) is 1.26. The number of hydrogen-bond donors (Lipinski definition) is 3. The van der Waals surface area contributed by atoms with Gasteiger partial charge < -0.3 is 20.3 Å². The van der Waals surface area contributed by atoms with Gasteiger partial charge in [-0.1, -0.05) is 12.1 Å². The molecule has 0 aliphatic carbocycles. The summed E-state index contributed by atoms with van der Waals surface area (Å²) >= 11 is 1.66. The average molecular weight is 385 g/mol. The zero-order valence-corrected chi connectivity index (χ0v) is 16.1. The van der Waals surface area contributed by atoms with E-state index in [-0.39, 0.29) is 6.61 Å². The molecule has 0 radical (unpaired) electrons. The highest BCUT2D eigenvalue weighted by Gasteiger charge is 2.24. The van der Waals surface area contributed by atoms with Crippen LogP contribution in [-0.4, -0.2) is 28.5 Å². The van der Waals surface area contributed by atoms with E-state index in [1.807, 2.05) is 37.3 Å². The summed E-state index contributed by atoms with van der Waals surface area (Å²) < 4.78 is 21.0. The lowest BCUT2D eigenvalue weighted by molar-refractivity contribution is 0.154. The quantitative estimate of drug-likeness (QED) is 0.570. The van der Waals surface area contributed by atoms with Crippen molar-refractivity contribution in [2.75, 3.05) is 13.2 Å². The van der Waals surface area contributed by atoms with Crippen LogP contribution in [0.2, 0.25) is 0 Å². The first-order valence-corrected chi connectivity index (χ1v) is 10.3. The molecule has 1 atom stereocenters. The van der Waals surface area contributed by atoms with E-state index in [0.29, 0.717) is 19.4 Å². The van der Waals surface area contributed by atoms with E-state index >= 15 is 0 Å². The van der Waals surface area contributed by atoms with Gasteiger partial charge in [-0.25, -0.2) is 4.57 Å². The molecule has 1 aromatic heterocycles. The molecule has 1 aromatic carbocycles. The Labute approximate surface area is 151 Å². The van der Waals surface area contributed by atoms with Crippen molar-refractivity contribution in [2.45, 2.75) is 32.2 Å². The van der Waals surface area contributed by atoms with Crippen molar-refractivity contribution in [2.24, 2.45) is 5.73 Å². The van der Waals surface area contributed by atoms with Gasteiger partial charge in [-0.15, -0.1) is 11.3 Å². The Morgan fingerprint density at radius 1 is 1.24 bits per heavy atom. The Morgan fingerprint density at radius 2 is 1.96 bits per heavy atom. The Bertz CT molecular complexity index is 740. The van der Waals surface area contributed by atoms with E-state index in [1.165, 1.54) is 0 Å². The number of hydrogen-bond acceptors (Lipinski definition) is 5. The van der Waals surface area contributed by atoms with Crippen LogP contribution in [0.1, 0.15) is 25.1 Å². The van der Waals surface area contributed by atoms with E-state index in [2.05, 4.69) is 10.6 Å². The van der Waals surface area contributed by atoms with Gasteiger partial charge in [0.25, 0.3) is 0 Å². The monoisotopic (exact) mass is 385 g/mol. The van der Waals surface area contributed by atoms with Crippen LogP contribution in [0, 0.1) is 0 Å². The minimum atomic E-state index is -4.50. The first-order valence-electron chi connectivity index (χ1n) is 8.00. The molecule has 2 aromatic rings. The second-order valence-corrected chi connectivity index (χ2v) is 8.52. The highest BCUT2D eigenvalue weighted by molar-refractivity contribution is 7.46. The molecule has 0 amide bonds. The molecule has 4 N–H and O–H groups in total. The van der Waals surface area contributed by atoms with Crippen molar-refractivity contribution in [3.05, 3.63) is 41.3 Å². The number of thiophene rings is 1. The zero-order chi connectivity index (χ0) is 18.5. The molecule has 0 aliphatic heterocycles. The van der Waals surface area contributed by atoms with Gasteiger partial charge >= 0.3 is 7.82 Å². The normalized spacial score (nSPS) is 14.3. The Kier molecular flexibility index (Phi) is 6.79. The summed E-state index contributed by atoms with van der Waals surface area (Å²) in [5.41, 5.74) is 6.32. The predicted octanol–water partition coefficient (Wildman–Crippen LogP) is 3.57. The predicted molar refractivity (Wildman–Crippen MR) is 99.8 cm³/mol. The standard InChI is InChI=1S/C17H24NO5PS/c1-3-22-15-7-5-4-6-14(15)16-9-8-13(25-16)10-11-17(2,18)12-23-24(19,20)21/h4-9H,3,10-12,18H2,1-2H3,(H2,19,20,21). The molecule has 138 valence electrons. The summed E-state index contributed by atoms with van der Waals surface area (Å²) in [5.74, 6) is 0.858. The third kappa shape index (κ3) is 6.55. The van der Waals surface area contributed by atoms with Gasteiger partial charge in [0.15, 0.2) is 0 Å². The molecule has 25 heavy (non-hydrogen) atoms. The Balaban J connectivity index is 2.01. The number of aryl methyl sites for hydroxylation is 1. The van der Waals surface area contributed by atoms with Crippen molar-refractivity contribution in [3.63, 3.8) is 0 Å². The Hall–Kier alpha value is -1.21. The van der Waals surface area contributed by atoms with Gasteiger partial charge in [-0.05, 0) is 51.0 Å². The summed E-state index contributed by atoms with van der Waals surface area (Å²) in [6.45, 7) is 4.10. The van der Waals surface area contributed by atoms with Gasteiger partial charge in [0, 0.05) is 20.9 Å². The molecule has 0 fully saturated rings. The van der Waals surface area contributed by atoms with Gasteiger partial charge in [-0.3, -0.25) is 4.52 Å². The third-order valence-corrected chi connectivity index (χ3v) is 5.26. The van der Waals surface area contributed by atoms with E-state index in [4.69, 9.17) is 20.3 Å². The fourth-order valence-corrected chi connectivity index (χ4v) is 3.82. The topological polar surface area (TPSA) is 102 Å². The van der Waals surface area contributed by atoms with Crippen molar-refractivity contribution < 1.29 is 23.6 Å². The summed E-state index contributed by atoms with van der Waals surface area (Å²) in [6, 6.07) is 12.0. The maximum atomic E-state index is 10.8. The molecule has 1 heterocycles. The average Bonchev–Trinajstić information content (AvgIpc) is 3.01. The maximum Gasteiger partial charge on any atom is 0.469 e. The molecule has 6 nitrogen and oxygen atoms in total. The van der Waals surface area contributed by atoms with Crippen LogP contribution in [0.5, 0.6) is 5.75 Å². The molecular weight excluding hydrogens is 361 g/mol. The maximum absolute atomic E-state index is 10.8. The molecule has 0 spiro atoms. The summed E-state index contributed by atoms with van der Waals surface area (Å²) in [7, 11) is -4.50. The van der Waals surface area contributed by atoms with Crippen LogP contribution in [0.3, 0.4) is 0 Å². The van der Waals surface area contributed by atoms with Crippen molar-refractivity contribution in [3.8, 4) is 16.2 Å². The molecule has 2 rings (SSSR count). The van der Waals surface area contributed by atoms with Crippen LogP contribution in [0.15, 0.2) is 36.4 Å². The van der Waals surface area contributed by atoms with Gasteiger partial charge in [0.1, 0.15) is 5.75 Å². The van der Waals surface area contributed by atoms with Crippen molar-refractivity contribution >= 4 is 19.2 Å². The van der Waals surface area contributed by atoms with Gasteiger partial charge in [0.2, 0.25) is 0 Å². The van der Waals surface area contributed by atoms with Crippen LogP contribution in [0.4, 0.5) is 0 Å². The van der Waals surface area contributed by atoms with Crippen LogP contribution in [0.25, 0.3) is 10.4 Å². The van der Waals surface area contributed by atoms with Gasteiger partial charge in [0.05, 0.1) is 13.2 Å². The molecule has 0 aliphatic rings. The fourth-order valence-electron chi connectivity index (χ4n) is 2.32. The van der Waals surface area contributed by atoms with Crippen LogP contribution < -0.4 is 10.5 Å². The number of nitrogens with two attached hydrogens (primary N) is 1. The fraction of sp³-hybridized carbons (Fsp3) is 0.412. The smallest absolute Gasteiger partial charge is 0.469 e. The van der Waals surface area contributed by atoms with Gasteiger partial charge in [-0.2, -0.15) is 0 Å². The van der Waals surface area contributed by atoms with Crippen LogP contribution >= 0.6 is 19.2 Å². The first-order chi connectivity index (χ1) is 11.7. The highest BCUT2D eigenvalue weighted by Crippen LogP contribution is 2.38. The number of rotatable bonds is 9. The molecule has 0 saturated heterocycles. The van der Waals surface area contributed by atoms with E-state index in [0.717, 1.165) is 21.1 Å². The van der Waals surface area contributed by atoms with E-state index in [9.17, 15) is 4.57 Å². The lowest BCUT2D eigenvalue weighted by Gasteiger charge is -2.24. The number of phosphoric acid groups is 1. The molecule has 1 unspecified atom stereocenters. The lowest BCUT2D eigenvalue weighted by Crippen LogP contribution is -2.41. The zero-order valence-electron chi connectivity index (χ0n) is 14.3. The lowest BCUT2D eigenvalue weighted by atomic mass is 9.98.